The summed E-state index contributed by atoms with van der Waals surface area (Å²) in [5.41, 5.74) is 0.857. The lowest BCUT2D eigenvalue weighted by atomic mass is 10.1. The van der Waals surface area contributed by atoms with Gasteiger partial charge in [0.2, 0.25) is 5.75 Å². The minimum Gasteiger partial charge on any atom is -0.420 e. The van der Waals surface area contributed by atoms with Crippen LogP contribution in [0.2, 0.25) is 0 Å². The fourth-order valence-electron chi connectivity index (χ4n) is 0.909. The van der Waals surface area contributed by atoms with Crippen molar-refractivity contribution in [2.75, 3.05) is 0 Å². The summed E-state index contributed by atoms with van der Waals surface area (Å²) in [7, 11) is 0. The van der Waals surface area contributed by atoms with Crippen LogP contribution < -0.4 is 6.13 Å². The van der Waals surface area contributed by atoms with E-state index in [4.69, 9.17) is 6.13 Å². The third-order valence-corrected chi connectivity index (χ3v) is 2.35. The van der Waals surface area contributed by atoms with E-state index in [1.807, 2.05) is 13.8 Å². The summed E-state index contributed by atoms with van der Waals surface area (Å²) in [5, 5.41) is 0. The lowest BCUT2D eigenvalue weighted by Crippen LogP contribution is -1.98. The van der Waals surface area contributed by atoms with Gasteiger partial charge in [-0.1, -0.05) is 13.8 Å². The quantitative estimate of drug-likeness (QED) is 0.725. The van der Waals surface area contributed by atoms with Crippen molar-refractivity contribution in [3.8, 4) is 11.6 Å². The summed E-state index contributed by atoms with van der Waals surface area (Å²) < 4.78 is 10.2. The fourth-order valence-corrected chi connectivity index (χ4v) is 1.64. The Kier molecular flexibility index (Phi) is 4.42. The number of halogens is 2. The molecule has 1 aromatic heterocycles. The van der Waals surface area contributed by atoms with Gasteiger partial charge in [0.1, 0.15) is 6.33 Å². The molecule has 4 nitrogen and oxygen atoms in total. The molecule has 0 aliphatic heterocycles. The van der Waals surface area contributed by atoms with Gasteiger partial charge in [-0.2, -0.15) is 4.98 Å². The van der Waals surface area contributed by atoms with E-state index < -0.39 is 0 Å². The molecule has 0 unspecified atom stereocenters. The summed E-state index contributed by atoms with van der Waals surface area (Å²) in [6, 6.07) is 0. The molecular formula is C7H8I2N2O2. The first-order valence-electron chi connectivity index (χ1n) is 3.62. The zero-order valence-electron chi connectivity index (χ0n) is 7.12. The summed E-state index contributed by atoms with van der Waals surface area (Å²) in [6.45, 7) is 4.08. The highest BCUT2D eigenvalue weighted by atomic mass is 127. The van der Waals surface area contributed by atoms with E-state index in [1.165, 1.54) is 6.33 Å². The number of hydrogen-bond donors (Lipinski definition) is 0. The molecule has 1 heterocycles. The average Bonchev–Trinajstić information content (AvgIpc) is 2.16. The smallest absolute Gasteiger partial charge is 0.271 e. The third-order valence-electron chi connectivity index (χ3n) is 1.50. The van der Waals surface area contributed by atoms with Crippen molar-refractivity contribution < 1.29 is 6.13 Å². The van der Waals surface area contributed by atoms with Crippen LogP contribution in [0, 0.1) is 0 Å². The molecule has 1 aromatic rings. The Morgan fingerprint density at radius 1 is 1.23 bits per heavy atom. The van der Waals surface area contributed by atoms with Crippen molar-refractivity contribution >= 4 is 46.0 Å². The average molecular weight is 406 g/mol. The van der Waals surface area contributed by atoms with E-state index in [-0.39, 0.29) is 5.92 Å². The highest BCUT2D eigenvalue weighted by Gasteiger charge is 2.16. The van der Waals surface area contributed by atoms with Crippen molar-refractivity contribution in [3.63, 3.8) is 0 Å². The third kappa shape index (κ3) is 2.55. The molecule has 0 aliphatic rings. The molecule has 0 radical (unpaired) electrons. The van der Waals surface area contributed by atoms with Crippen LogP contribution in [0.5, 0.6) is 11.6 Å². The second-order valence-corrected chi connectivity index (χ2v) is 3.58. The topological polar surface area (TPSA) is 44.2 Å². The van der Waals surface area contributed by atoms with E-state index in [2.05, 4.69) is 9.97 Å². The van der Waals surface area contributed by atoms with Crippen LogP contribution in [0.4, 0.5) is 0 Å². The van der Waals surface area contributed by atoms with Crippen LogP contribution in [-0.4, -0.2) is 9.97 Å². The molecule has 0 N–H and O–H groups in total. The van der Waals surface area contributed by atoms with Gasteiger partial charge in [-0.3, -0.25) is 0 Å². The van der Waals surface area contributed by atoms with Gasteiger partial charge in [-0.15, -0.1) is 0 Å². The predicted octanol–water partition coefficient (Wildman–Crippen LogP) is 3.06. The fraction of sp³-hybridized carbons (Fsp3) is 0.429. The van der Waals surface area contributed by atoms with Gasteiger partial charge < -0.3 is 6.13 Å². The van der Waals surface area contributed by atoms with Crippen molar-refractivity contribution in [1.29, 1.82) is 0 Å². The van der Waals surface area contributed by atoms with Crippen molar-refractivity contribution in [1.82, 2.24) is 9.97 Å². The lowest BCUT2D eigenvalue weighted by Gasteiger charge is -2.09. The van der Waals surface area contributed by atoms with Crippen molar-refractivity contribution in [3.05, 3.63) is 12.0 Å². The largest absolute Gasteiger partial charge is 0.420 e. The van der Waals surface area contributed by atoms with Gasteiger partial charge in [0.05, 0.1) is 5.69 Å². The number of rotatable bonds is 3. The first-order valence-corrected chi connectivity index (χ1v) is 5.39. The zero-order chi connectivity index (χ0) is 9.84. The van der Waals surface area contributed by atoms with Crippen molar-refractivity contribution in [2.24, 2.45) is 0 Å². The first-order chi connectivity index (χ1) is 6.20. The van der Waals surface area contributed by atoms with E-state index >= 15 is 0 Å². The Hall–Kier alpha value is 0.140. The summed E-state index contributed by atoms with van der Waals surface area (Å²) in [4.78, 5) is 8.07. The Morgan fingerprint density at radius 3 is 2.38 bits per heavy atom. The van der Waals surface area contributed by atoms with Gasteiger partial charge in [-0.25, -0.2) is 4.98 Å². The van der Waals surface area contributed by atoms with Crippen LogP contribution in [0.3, 0.4) is 0 Å². The predicted molar refractivity (Wildman–Crippen MR) is 65.4 cm³/mol. The minimum atomic E-state index is 0.290. The molecule has 0 saturated carbocycles. The summed E-state index contributed by atoms with van der Waals surface area (Å²) >= 11 is 3.57. The van der Waals surface area contributed by atoms with Crippen LogP contribution in [0.15, 0.2) is 6.33 Å². The number of nitrogens with zero attached hydrogens (tertiary/aromatic N) is 2. The van der Waals surface area contributed by atoms with Gasteiger partial charge in [0, 0.05) is 0 Å². The van der Waals surface area contributed by atoms with E-state index in [1.54, 1.807) is 46.0 Å². The molecule has 0 bridgehead atoms. The normalized spacial score (nSPS) is 10.2. The molecule has 0 fully saturated rings. The molecule has 6 heteroatoms. The Bertz CT molecular complexity index is 294. The second-order valence-electron chi connectivity index (χ2n) is 2.70. The number of hydrogen-bond acceptors (Lipinski definition) is 4. The molecule has 0 atom stereocenters. The molecule has 0 aromatic carbocycles. The first kappa shape index (κ1) is 11.2. The maximum absolute atomic E-state index is 5.14. The molecule has 1 rings (SSSR count). The Labute approximate surface area is 105 Å². The molecule has 0 spiro atoms. The van der Waals surface area contributed by atoms with Gasteiger partial charge >= 0.3 is 0 Å². The monoisotopic (exact) mass is 406 g/mol. The van der Waals surface area contributed by atoms with Crippen LogP contribution >= 0.6 is 46.0 Å². The summed E-state index contributed by atoms with van der Waals surface area (Å²) in [5.74, 6) is 1.36. The molecule has 0 aliphatic carbocycles. The lowest BCUT2D eigenvalue weighted by molar-refractivity contribution is 0.584. The van der Waals surface area contributed by atoms with E-state index in [0.717, 1.165) is 5.69 Å². The molecule has 0 saturated heterocycles. The van der Waals surface area contributed by atoms with Gasteiger partial charge in [0.25, 0.3) is 5.88 Å². The van der Waals surface area contributed by atoms with Crippen LogP contribution in [0.1, 0.15) is 25.5 Å². The number of aromatic nitrogens is 2. The van der Waals surface area contributed by atoms with E-state index in [9.17, 15) is 0 Å². The molecular weight excluding hydrogens is 398 g/mol. The van der Waals surface area contributed by atoms with Gasteiger partial charge in [0.15, 0.2) is 46.0 Å². The standard InChI is InChI=1S/C7H8I2N2O2/c1-4(2)5-6(12-8)7(13-9)11-3-10-5/h3-4H,1-2H3. The Morgan fingerprint density at radius 2 is 1.92 bits per heavy atom. The SMILES string of the molecule is CC(C)c1ncnc(OI)c1OI. The minimum absolute atomic E-state index is 0.290. The van der Waals surface area contributed by atoms with Crippen LogP contribution in [-0.2, 0) is 0 Å². The van der Waals surface area contributed by atoms with Crippen molar-refractivity contribution in [2.45, 2.75) is 19.8 Å². The molecule has 72 valence electrons. The Balaban J connectivity index is 3.19. The van der Waals surface area contributed by atoms with E-state index in [0.29, 0.717) is 11.6 Å². The highest BCUT2D eigenvalue weighted by molar-refractivity contribution is 14.1. The second kappa shape index (κ2) is 5.13. The zero-order valence-corrected chi connectivity index (χ0v) is 11.4. The summed E-state index contributed by atoms with van der Waals surface area (Å²) in [6.07, 6.45) is 1.47. The maximum atomic E-state index is 5.14. The molecule has 13 heavy (non-hydrogen) atoms. The van der Waals surface area contributed by atoms with Gasteiger partial charge in [-0.05, 0) is 5.92 Å². The highest BCUT2D eigenvalue weighted by Crippen LogP contribution is 2.34. The van der Waals surface area contributed by atoms with Crippen LogP contribution in [0.25, 0.3) is 0 Å². The molecule has 0 amide bonds. The maximum Gasteiger partial charge on any atom is 0.271 e.